The lowest BCUT2D eigenvalue weighted by Gasteiger charge is -2.34. The van der Waals surface area contributed by atoms with Gasteiger partial charge in [-0.15, -0.1) is 0 Å². The van der Waals surface area contributed by atoms with E-state index in [0.29, 0.717) is 56.9 Å². The summed E-state index contributed by atoms with van der Waals surface area (Å²) in [5, 5.41) is 7.50. The third-order valence-electron chi connectivity index (χ3n) is 6.45. The van der Waals surface area contributed by atoms with E-state index in [0.717, 1.165) is 25.3 Å². The molecule has 10 heteroatoms. The van der Waals surface area contributed by atoms with Crippen LogP contribution >= 0.6 is 0 Å². The molecule has 2 fully saturated rings. The Morgan fingerprint density at radius 3 is 2.56 bits per heavy atom. The number of carbonyl (C=O) groups is 2. The zero-order valence-corrected chi connectivity index (χ0v) is 21.3. The molecule has 0 aliphatic carbocycles. The fourth-order valence-corrected chi connectivity index (χ4v) is 4.65. The summed E-state index contributed by atoms with van der Waals surface area (Å²) in [6, 6.07) is 6.19. The number of aromatic nitrogens is 2. The summed E-state index contributed by atoms with van der Waals surface area (Å²) < 4.78 is 26.6. The molecule has 0 unspecified atom stereocenters. The van der Waals surface area contributed by atoms with Crippen molar-refractivity contribution in [2.24, 2.45) is 0 Å². The number of halogens is 1. The van der Waals surface area contributed by atoms with Gasteiger partial charge in [-0.25, -0.2) is 13.9 Å². The van der Waals surface area contributed by atoms with E-state index < -0.39 is 5.60 Å². The van der Waals surface area contributed by atoms with Crippen LogP contribution in [0.4, 0.5) is 9.18 Å². The van der Waals surface area contributed by atoms with Crippen LogP contribution in [-0.4, -0.2) is 89.7 Å². The SMILES string of the molecule is CC(C)(C)OC(=O)N1CCC(c2c(C(=O)NCCN3CCOCC3)cnn2-c2cccc(F)c2)CC1. The molecule has 3 heterocycles. The van der Waals surface area contributed by atoms with Crippen LogP contribution in [-0.2, 0) is 9.47 Å². The second-order valence-corrected chi connectivity index (χ2v) is 10.3. The van der Waals surface area contributed by atoms with Crippen LogP contribution in [0.15, 0.2) is 30.5 Å². The summed E-state index contributed by atoms with van der Waals surface area (Å²) in [5.41, 5.74) is 1.23. The predicted molar refractivity (Wildman–Crippen MR) is 133 cm³/mol. The molecule has 0 atom stereocenters. The van der Waals surface area contributed by atoms with Crippen molar-refractivity contribution in [2.45, 2.75) is 45.1 Å². The lowest BCUT2D eigenvalue weighted by atomic mass is 9.91. The molecule has 2 amide bonds. The molecule has 0 bridgehead atoms. The van der Waals surface area contributed by atoms with Gasteiger partial charge in [-0.05, 0) is 51.8 Å². The van der Waals surface area contributed by atoms with Crippen molar-refractivity contribution in [3.8, 4) is 5.69 Å². The Kier molecular flexibility index (Phi) is 8.25. The van der Waals surface area contributed by atoms with Gasteiger partial charge in [-0.2, -0.15) is 5.10 Å². The molecule has 2 saturated heterocycles. The van der Waals surface area contributed by atoms with Gasteiger partial charge in [-0.3, -0.25) is 9.69 Å². The highest BCUT2D eigenvalue weighted by atomic mass is 19.1. The molecule has 0 saturated carbocycles. The Balaban J connectivity index is 1.50. The van der Waals surface area contributed by atoms with E-state index in [4.69, 9.17) is 9.47 Å². The molecule has 2 aromatic rings. The normalized spacial score (nSPS) is 17.7. The molecular formula is C26H36FN5O4. The number of nitrogens with zero attached hydrogens (tertiary/aromatic N) is 4. The second-order valence-electron chi connectivity index (χ2n) is 10.3. The first-order valence-corrected chi connectivity index (χ1v) is 12.6. The highest BCUT2D eigenvalue weighted by Crippen LogP contribution is 2.33. The Bertz CT molecular complexity index is 1050. The molecule has 0 spiro atoms. The lowest BCUT2D eigenvalue weighted by Crippen LogP contribution is -2.42. The van der Waals surface area contributed by atoms with E-state index in [1.165, 1.54) is 12.1 Å². The van der Waals surface area contributed by atoms with Crippen molar-refractivity contribution in [1.82, 2.24) is 24.9 Å². The maximum atomic E-state index is 14.0. The average Bonchev–Trinajstić information content (AvgIpc) is 3.29. The molecular weight excluding hydrogens is 465 g/mol. The van der Waals surface area contributed by atoms with Crippen LogP contribution in [0.2, 0.25) is 0 Å². The molecule has 1 aromatic heterocycles. The quantitative estimate of drug-likeness (QED) is 0.654. The molecule has 196 valence electrons. The number of amides is 2. The monoisotopic (exact) mass is 501 g/mol. The number of benzene rings is 1. The Labute approximate surface area is 211 Å². The van der Waals surface area contributed by atoms with Crippen LogP contribution in [0.25, 0.3) is 5.69 Å². The fraction of sp³-hybridized carbons (Fsp3) is 0.577. The number of carbonyl (C=O) groups excluding carboxylic acids is 2. The summed E-state index contributed by atoms with van der Waals surface area (Å²) in [5.74, 6) is -0.588. The maximum Gasteiger partial charge on any atom is 0.410 e. The summed E-state index contributed by atoms with van der Waals surface area (Å²) in [6.45, 7) is 10.9. The highest BCUT2D eigenvalue weighted by molar-refractivity contribution is 5.95. The molecule has 9 nitrogen and oxygen atoms in total. The third-order valence-corrected chi connectivity index (χ3v) is 6.45. The highest BCUT2D eigenvalue weighted by Gasteiger charge is 2.32. The van der Waals surface area contributed by atoms with Crippen molar-refractivity contribution < 1.29 is 23.5 Å². The molecule has 4 rings (SSSR count). The standard InChI is InChI=1S/C26H36FN5O4/c1-26(2,3)36-25(34)31-10-7-19(8-11-31)23-22(18-29-32(23)21-6-4-5-20(27)17-21)24(33)28-9-12-30-13-15-35-16-14-30/h4-6,17-19H,7-16H2,1-3H3,(H,28,33). The number of morpholine rings is 1. The summed E-state index contributed by atoms with van der Waals surface area (Å²) in [4.78, 5) is 29.7. The molecule has 2 aliphatic rings. The molecule has 1 aromatic carbocycles. The van der Waals surface area contributed by atoms with E-state index in [1.54, 1.807) is 27.9 Å². The zero-order chi connectivity index (χ0) is 25.7. The topological polar surface area (TPSA) is 88.9 Å². The largest absolute Gasteiger partial charge is 0.444 e. The van der Waals surface area contributed by atoms with Crippen molar-refractivity contribution >= 4 is 12.0 Å². The van der Waals surface area contributed by atoms with Crippen molar-refractivity contribution in [3.63, 3.8) is 0 Å². The summed E-state index contributed by atoms with van der Waals surface area (Å²) in [6.07, 6.45) is 2.52. The van der Waals surface area contributed by atoms with Crippen molar-refractivity contribution in [1.29, 1.82) is 0 Å². The van der Waals surface area contributed by atoms with E-state index in [9.17, 15) is 14.0 Å². The van der Waals surface area contributed by atoms with Crippen LogP contribution in [0.3, 0.4) is 0 Å². The van der Waals surface area contributed by atoms with Gasteiger partial charge in [0.15, 0.2) is 0 Å². The molecule has 36 heavy (non-hydrogen) atoms. The number of likely N-dealkylation sites (tertiary alicyclic amines) is 1. The average molecular weight is 502 g/mol. The van der Waals surface area contributed by atoms with E-state index in [2.05, 4.69) is 15.3 Å². The van der Waals surface area contributed by atoms with Gasteiger partial charge >= 0.3 is 6.09 Å². The number of piperidine rings is 1. The Morgan fingerprint density at radius 2 is 1.89 bits per heavy atom. The van der Waals surface area contributed by atoms with Gasteiger partial charge in [0.2, 0.25) is 0 Å². The van der Waals surface area contributed by atoms with Crippen LogP contribution in [0.5, 0.6) is 0 Å². The maximum absolute atomic E-state index is 14.0. The van der Waals surface area contributed by atoms with Crippen molar-refractivity contribution in [3.05, 3.63) is 47.5 Å². The van der Waals surface area contributed by atoms with E-state index in [1.807, 2.05) is 20.8 Å². The van der Waals surface area contributed by atoms with Crippen molar-refractivity contribution in [2.75, 3.05) is 52.5 Å². The summed E-state index contributed by atoms with van der Waals surface area (Å²) >= 11 is 0. The fourth-order valence-electron chi connectivity index (χ4n) is 4.65. The van der Waals surface area contributed by atoms with Gasteiger partial charge in [-0.1, -0.05) is 6.07 Å². The third kappa shape index (κ3) is 6.61. The minimum atomic E-state index is -0.559. The van der Waals surface area contributed by atoms with Gasteiger partial charge in [0.05, 0.1) is 36.4 Å². The number of hydrogen-bond acceptors (Lipinski definition) is 6. The summed E-state index contributed by atoms with van der Waals surface area (Å²) in [7, 11) is 0. The zero-order valence-electron chi connectivity index (χ0n) is 21.3. The molecule has 2 aliphatic heterocycles. The number of rotatable bonds is 6. The minimum Gasteiger partial charge on any atom is -0.444 e. The second kappa shape index (κ2) is 11.4. The van der Waals surface area contributed by atoms with E-state index >= 15 is 0 Å². The first-order chi connectivity index (χ1) is 17.2. The van der Waals surface area contributed by atoms with E-state index in [-0.39, 0.29) is 23.7 Å². The smallest absolute Gasteiger partial charge is 0.410 e. The minimum absolute atomic E-state index is 0.0190. The Morgan fingerprint density at radius 1 is 1.17 bits per heavy atom. The first kappa shape index (κ1) is 26.1. The van der Waals surface area contributed by atoms with Crippen LogP contribution in [0, 0.1) is 5.82 Å². The van der Waals surface area contributed by atoms with Gasteiger partial charge in [0, 0.05) is 45.2 Å². The van der Waals surface area contributed by atoms with Gasteiger partial charge in [0.25, 0.3) is 5.91 Å². The van der Waals surface area contributed by atoms with Gasteiger partial charge in [0.1, 0.15) is 11.4 Å². The predicted octanol–water partition coefficient (Wildman–Crippen LogP) is 3.19. The lowest BCUT2D eigenvalue weighted by molar-refractivity contribution is 0.0203. The number of nitrogens with one attached hydrogen (secondary N) is 1. The molecule has 1 N–H and O–H groups in total. The number of hydrogen-bond donors (Lipinski definition) is 1. The first-order valence-electron chi connectivity index (χ1n) is 12.6. The molecule has 0 radical (unpaired) electrons. The van der Waals surface area contributed by atoms with Gasteiger partial charge < -0.3 is 19.7 Å². The Hall–Kier alpha value is -2.98. The van der Waals surface area contributed by atoms with Crippen LogP contribution in [0.1, 0.15) is 55.6 Å². The van der Waals surface area contributed by atoms with Crippen LogP contribution < -0.4 is 5.32 Å². The number of ether oxygens (including phenoxy) is 2.